The van der Waals surface area contributed by atoms with E-state index in [0.29, 0.717) is 0 Å². The Balaban J connectivity index is 3.29. The molecule has 0 aliphatic rings. The molecule has 0 unspecified atom stereocenters. The second-order valence-corrected chi connectivity index (χ2v) is 2.22. The standard InChI is InChI=1S/C6H14N2/c1-6(2)4-5-8(3)7/h4H,5,7H2,1-3H3. The van der Waals surface area contributed by atoms with Gasteiger partial charge in [0.1, 0.15) is 0 Å². The summed E-state index contributed by atoms with van der Waals surface area (Å²) in [5.74, 6) is 5.33. The molecule has 48 valence electrons. The van der Waals surface area contributed by atoms with Crippen molar-refractivity contribution in [2.45, 2.75) is 13.8 Å². The van der Waals surface area contributed by atoms with E-state index in [1.165, 1.54) is 5.57 Å². The minimum Gasteiger partial charge on any atom is -0.269 e. The summed E-state index contributed by atoms with van der Waals surface area (Å²) in [6, 6.07) is 0. The zero-order valence-electron chi connectivity index (χ0n) is 5.81. The molecule has 0 aromatic carbocycles. The second kappa shape index (κ2) is 3.64. The largest absolute Gasteiger partial charge is 0.269 e. The van der Waals surface area contributed by atoms with Crippen LogP contribution in [-0.4, -0.2) is 18.6 Å². The molecule has 0 spiro atoms. The van der Waals surface area contributed by atoms with Gasteiger partial charge in [-0.15, -0.1) is 0 Å². The van der Waals surface area contributed by atoms with Crippen molar-refractivity contribution in [2.75, 3.05) is 13.6 Å². The van der Waals surface area contributed by atoms with Gasteiger partial charge in [-0.1, -0.05) is 11.6 Å². The third kappa shape index (κ3) is 5.66. The van der Waals surface area contributed by atoms with Gasteiger partial charge in [-0.2, -0.15) is 0 Å². The van der Waals surface area contributed by atoms with Gasteiger partial charge in [0.15, 0.2) is 0 Å². The molecular formula is C6H14N2. The second-order valence-electron chi connectivity index (χ2n) is 2.22. The summed E-state index contributed by atoms with van der Waals surface area (Å²) in [4.78, 5) is 0. The van der Waals surface area contributed by atoms with Crippen molar-refractivity contribution in [3.05, 3.63) is 11.6 Å². The van der Waals surface area contributed by atoms with Gasteiger partial charge in [-0.05, 0) is 13.8 Å². The van der Waals surface area contributed by atoms with Crippen molar-refractivity contribution in [3.63, 3.8) is 0 Å². The van der Waals surface area contributed by atoms with E-state index in [1.54, 1.807) is 5.01 Å². The van der Waals surface area contributed by atoms with Crippen LogP contribution in [-0.2, 0) is 0 Å². The van der Waals surface area contributed by atoms with Crippen LogP contribution in [0.25, 0.3) is 0 Å². The molecule has 0 bridgehead atoms. The Kier molecular flexibility index (Phi) is 3.48. The van der Waals surface area contributed by atoms with E-state index in [4.69, 9.17) is 5.84 Å². The summed E-state index contributed by atoms with van der Waals surface area (Å²) in [6.45, 7) is 4.95. The predicted molar refractivity (Wildman–Crippen MR) is 36.2 cm³/mol. The van der Waals surface area contributed by atoms with E-state index in [1.807, 2.05) is 7.05 Å². The van der Waals surface area contributed by atoms with Crippen LogP contribution in [0.3, 0.4) is 0 Å². The van der Waals surface area contributed by atoms with Gasteiger partial charge in [0.05, 0.1) is 0 Å². The fourth-order valence-electron chi connectivity index (χ4n) is 0.327. The van der Waals surface area contributed by atoms with Crippen LogP contribution in [0.15, 0.2) is 11.6 Å². The summed E-state index contributed by atoms with van der Waals surface area (Å²) in [5.41, 5.74) is 1.31. The first-order chi connectivity index (χ1) is 3.63. The van der Waals surface area contributed by atoms with Gasteiger partial charge >= 0.3 is 0 Å². The Hall–Kier alpha value is -0.340. The molecule has 0 aromatic rings. The highest BCUT2D eigenvalue weighted by Crippen LogP contribution is 1.86. The van der Waals surface area contributed by atoms with Crippen LogP contribution in [0.2, 0.25) is 0 Å². The fraction of sp³-hybridized carbons (Fsp3) is 0.667. The van der Waals surface area contributed by atoms with Crippen LogP contribution in [0.1, 0.15) is 13.8 Å². The molecule has 2 heteroatoms. The molecule has 0 radical (unpaired) electrons. The first-order valence-electron chi connectivity index (χ1n) is 2.72. The van der Waals surface area contributed by atoms with Crippen LogP contribution < -0.4 is 5.84 Å². The lowest BCUT2D eigenvalue weighted by Crippen LogP contribution is -2.25. The van der Waals surface area contributed by atoms with Crippen molar-refractivity contribution in [1.29, 1.82) is 0 Å². The molecule has 2 N–H and O–H groups in total. The molecule has 8 heavy (non-hydrogen) atoms. The molecular weight excluding hydrogens is 100 g/mol. The van der Waals surface area contributed by atoms with E-state index in [2.05, 4.69) is 19.9 Å². The van der Waals surface area contributed by atoms with E-state index in [9.17, 15) is 0 Å². The number of hydrogen-bond acceptors (Lipinski definition) is 2. The predicted octanol–water partition coefficient (Wildman–Crippen LogP) is 0.758. The summed E-state index contributed by atoms with van der Waals surface area (Å²) in [6.07, 6.45) is 2.08. The van der Waals surface area contributed by atoms with Gasteiger partial charge in [-0.3, -0.25) is 5.84 Å². The topological polar surface area (TPSA) is 29.3 Å². The molecule has 2 nitrogen and oxygen atoms in total. The Morgan fingerprint density at radius 1 is 1.62 bits per heavy atom. The first-order valence-corrected chi connectivity index (χ1v) is 2.72. The number of nitrogens with zero attached hydrogens (tertiary/aromatic N) is 1. The minimum absolute atomic E-state index is 0.836. The maximum atomic E-state index is 5.33. The van der Waals surface area contributed by atoms with Crippen molar-refractivity contribution in [2.24, 2.45) is 5.84 Å². The Morgan fingerprint density at radius 3 is 2.25 bits per heavy atom. The van der Waals surface area contributed by atoms with E-state index >= 15 is 0 Å². The summed E-state index contributed by atoms with van der Waals surface area (Å²) >= 11 is 0. The van der Waals surface area contributed by atoms with Crippen LogP contribution >= 0.6 is 0 Å². The van der Waals surface area contributed by atoms with Gasteiger partial charge in [0.25, 0.3) is 0 Å². The minimum atomic E-state index is 0.836. The molecule has 0 saturated heterocycles. The molecule has 0 aliphatic heterocycles. The van der Waals surface area contributed by atoms with Crippen molar-refractivity contribution in [3.8, 4) is 0 Å². The highest BCUT2D eigenvalue weighted by atomic mass is 15.4. The van der Waals surface area contributed by atoms with Gasteiger partial charge < -0.3 is 0 Å². The fourth-order valence-corrected chi connectivity index (χ4v) is 0.327. The Morgan fingerprint density at radius 2 is 2.12 bits per heavy atom. The van der Waals surface area contributed by atoms with Gasteiger partial charge in [-0.25, -0.2) is 5.01 Å². The smallest absolute Gasteiger partial charge is 0.0308 e. The molecule has 0 fully saturated rings. The number of allylic oxidation sites excluding steroid dienone is 1. The Bertz CT molecular complexity index is 80.5. The monoisotopic (exact) mass is 114 g/mol. The molecule has 0 amide bonds. The van der Waals surface area contributed by atoms with E-state index in [0.717, 1.165) is 6.54 Å². The molecule has 0 aromatic heterocycles. The van der Waals surface area contributed by atoms with Crippen molar-refractivity contribution in [1.82, 2.24) is 5.01 Å². The van der Waals surface area contributed by atoms with Crippen molar-refractivity contribution >= 4 is 0 Å². The average Bonchev–Trinajstić information content (AvgIpc) is 1.61. The molecule has 0 aliphatic carbocycles. The third-order valence-corrected chi connectivity index (χ3v) is 0.788. The van der Waals surface area contributed by atoms with E-state index < -0.39 is 0 Å². The number of nitrogens with two attached hydrogens (primary N) is 1. The molecule has 0 atom stereocenters. The third-order valence-electron chi connectivity index (χ3n) is 0.788. The summed E-state index contributed by atoms with van der Waals surface area (Å²) < 4.78 is 0. The average molecular weight is 114 g/mol. The number of hydrazine groups is 1. The normalized spacial score (nSPS) is 9.62. The molecule has 0 rings (SSSR count). The van der Waals surface area contributed by atoms with Crippen LogP contribution in [0.5, 0.6) is 0 Å². The molecule has 0 saturated carbocycles. The summed E-state index contributed by atoms with van der Waals surface area (Å²) in [7, 11) is 1.85. The van der Waals surface area contributed by atoms with E-state index in [-0.39, 0.29) is 0 Å². The highest BCUT2D eigenvalue weighted by molar-refractivity contribution is 4.93. The first kappa shape index (κ1) is 7.66. The van der Waals surface area contributed by atoms with Crippen LogP contribution in [0.4, 0.5) is 0 Å². The number of rotatable bonds is 2. The number of likely N-dealkylation sites (N-methyl/N-ethyl adjacent to an activating group) is 1. The maximum absolute atomic E-state index is 5.33. The lowest BCUT2D eigenvalue weighted by atomic mass is 10.3. The summed E-state index contributed by atoms with van der Waals surface area (Å²) in [5, 5.41) is 1.65. The SMILES string of the molecule is CC(C)=CCN(C)N. The Labute approximate surface area is 50.9 Å². The lowest BCUT2D eigenvalue weighted by Gasteiger charge is -2.03. The lowest BCUT2D eigenvalue weighted by molar-refractivity contribution is 0.388. The van der Waals surface area contributed by atoms with Crippen LogP contribution in [0, 0.1) is 0 Å². The number of hydrogen-bond donors (Lipinski definition) is 1. The maximum Gasteiger partial charge on any atom is 0.0308 e. The zero-order chi connectivity index (χ0) is 6.57. The quantitative estimate of drug-likeness (QED) is 0.326. The molecule has 0 heterocycles. The van der Waals surface area contributed by atoms with Crippen molar-refractivity contribution < 1.29 is 0 Å². The van der Waals surface area contributed by atoms with Gasteiger partial charge in [0.2, 0.25) is 0 Å². The zero-order valence-corrected chi connectivity index (χ0v) is 5.81. The van der Waals surface area contributed by atoms with Gasteiger partial charge in [0, 0.05) is 13.6 Å². The highest BCUT2D eigenvalue weighted by Gasteiger charge is 1.81.